The predicted octanol–water partition coefficient (Wildman–Crippen LogP) is 1.21. The number of hydrogen-bond donors (Lipinski definition) is 1. The number of rotatable bonds is 4. The summed E-state index contributed by atoms with van der Waals surface area (Å²) < 4.78 is 2.25. The standard InChI is InChI=1S/C13H19BrN4O/c1-15-10-4-5-17(8-10)11-6-16-18(7-9-2-3-9)13(19)12(11)14/h6,9-10,15H,2-5,7-8H2,1H3. The van der Waals surface area contributed by atoms with E-state index in [9.17, 15) is 4.79 Å². The van der Waals surface area contributed by atoms with Crippen molar-refractivity contribution in [3.63, 3.8) is 0 Å². The SMILES string of the molecule is CNC1CCN(c2cnn(CC3CC3)c(=O)c2Br)C1. The van der Waals surface area contributed by atoms with Crippen molar-refractivity contribution in [2.45, 2.75) is 31.8 Å². The zero-order chi connectivity index (χ0) is 13.4. The molecule has 0 radical (unpaired) electrons. The smallest absolute Gasteiger partial charge is 0.283 e. The lowest BCUT2D eigenvalue weighted by Crippen LogP contribution is -2.32. The van der Waals surface area contributed by atoms with E-state index in [1.54, 1.807) is 4.68 Å². The van der Waals surface area contributed by atoms with E-state index in [4.69, 9.17) is 0 Å². The van der Waals surface area contributed by atoms with Gasteiger partial charge in [0, 0.05) is 25.7 Å². The third kappa shape index (κ3) is 2.69. The van der Waals surface area contributed by atoms with Crippen LogP contribution in [0.15, 0.2) is 15.5 Å². The van der Waals surface area contributed by atoms with Crippen LogP contribution in [0.3, 0.4) is 0 Å². The monoisotopic (exact) mass is 326 g/mol. The molecule has 2 fully saturated rings. The summed E-state index contributed by atoms with van der Waals surface area (Å²) in [6.07, 6.45) is 5.38. The maximum Gasteiger partial charge on any atom is 0.283 e. The van der Waals surface area contributed by atoms with E-state index in [-0.39, 0.29) is 5.56 Å². The first-order valence-corrected chi connectivity index (χ1v) is 7.66. The van der Waals surface area contributed by atoms with Crippen molar-refractivity contribution in [1.29, 1.82) is 0 Å². The van der Waals surface area contributed by atoms with Crippen molar-refractivity contribution < 1.29 is 0 Å². The van der Waals surface area contributed by atoms with Crippen molar-refractivity contribution in [3.05, 3.63) is 21.0 Å². The lowest BCUT2D eigenvalue weighted by Gasteiger charge is -2.20. The van der Waals surface area contributed by atoms with E-state index in [1.807, 2.05) is 13.2 Å². The third-order valence-electron chi connectivity index (χ3n) is 4.03. The van der Waals surface area contributed by atoms with Gasteiger partial charge in [-0.15, -0.1) is 0 Å². The maximum atomic E-state index is 12.3. The summed E-state index contributed by atoms with van der Waals surface area (Å²) in [6.45, 7) is 2.66. The highest BCUT2D eigenvalue weighted by molar-refractivity contribution is 9.10. The number of halogens is 1. The molecule has 0 amide bonds. The average molecular weight is 327 g/mol. The molecular formula is C13H19BrN4O. The minimum atomic E-state index is -0.00249. The first kappa shape index (κ1) is 13.1. The minimum Gasteiger partial charge on any atom is -0.368 e. The van der Waals surface area contributed by atoms with Gasteiger partial charge in [0.15, 0.2) is 0 Å². The Hall–Kier alpha value is -0.880. The normalized spacial score (nSPS) is 23.1. The summed E-state index contributed by atoms with van der Waals surface area (Å²) >= 11 is 3.46. The quantitative estimate of drug-likeness (QED) is 0.903. The largest absolute Gasteiger partial charge is 0.368 e. The number of likely N-dealkylation sites (N-methyl/N-ethyl adjacent to an activating group) is 1. The van der Waals surface area contributed by atoms with Crippen molar-refractivity contribution in [2.75, 3.05) is 25.0 Å². The molecule has 1 saturated carbocycles. The predicted molar refractivity (Wildman–Crippen MR) is 78.6 cm³/mol. The van der Waals surface area contributed by atoms with E-state index in [0.29, 0.717) is 16.4 Å². The van der Waals surface area contributed by atoms with Crippen molar-refractivity contribution in [3.8, 4) is 0 Å². The molecule has 1 unspecified atom stereocenters. The Kier molecular flexibility index (Phi) is 3.62. The second-order valence-electron chi connectivity index (χ2n) is 5.49. The molecule has 1 aromatic rings. The molecule has 1 aliphatic carbocycles. The van der Waals surface area contributed by atoms with Gasteiger partial charge >= 0.3 is 0 Å². The number of hydrogen-bond acceptors (Lipinski definition) is 4. The van der Waals surface area contributed by atoms with Crippen LogP contribution in [0.2, 0.25) is 0 Å². The highest BCUT2D eigenvalue weighted by atomic mass is 79.9. The van der Waals surface area contributed by atoms with E-state index in [2.05, 4.69) is 31.2 Å². The molecule has 1 atom stereocenters. The highest BCUT2D eigenvalue weighted by Crippen LogP contribution is 2.30. The fourth-order valence-electron chi connectivity index (χ4n) is 2.57. The molecule has 1 saturated heterocycles. The number of anilines is 1. The van der Waals surface area contributed by atoms with Crippen molar-refractivity contribution in [1.82, 2.24) is 15.1 Å². The van der Waals surface area contributed by atoms with Crippen molar-refractivity contribution in [2.24, 2.45) is 5.92 Å². The molecule has 2 aliphatic rings. The molecule has 104 valence electrons. The van der Waals surface area contributed by atoms with Crippen LogP contribution in [0.1, 0.15) is 19.3 Å². The van der Waals surface area contributed by atoms with Gasteiger partial charge in [0.1, 0.15) is 4.47 Å². The Labute approximate surface area is 121 Å². The topological polar surface area (TPSA) is 50.2 Å². The van der Waals surface area contributed by atoms with Crippen LogP contribution in [0.5, 0.6) is 0 Å². The lowest BCUT2D eigenvalue weighted by atomic mass is 10.3. The van der Waals surface area contributed by atoms with Gasteiger partial charge in [-0.05, 0) is 48.2 Å². The zero-order valence-corrected chi connectivity index (χ0v) is 12.7. The van der Waals surface area contributed by atoms with Gasteiger partial charge in [-0.25, -0.2) is 4.68 Å². The highest BCUT2D eigenvalue weighted by Gasteiger charge is 2.26. The van der Waals surface area contributed by atoms with Gasteiger partial charge in [-0.2, -0.15) is 5.10 Å². The molecule has 1 aromatic heterocycles. The fraction of sp³-hybridized carbons (Fsp3) is 0.692. The van der Waals surface area contributed by atoms with Crippen LogP contribution in [-0.2, 0) is 6.54 Å². The summed E-state index contributed by atoms with van der Waals surface area (Å²) in [6, 6.07) is 0.501. The summed E-state index contributed by atoms with van der Waals surface area (Å²) in [7, 11) is 1.98. The molecule has 19 heavy (non-hydrogen) atoms. The minimum absolute atomic E-state index is 0.00249. The number of nitrogens with one attached hydrogen (secondary N) is 1. The van der Waals surface area contributed by atoms with Crippen LogP contribution in [0, 0.1) is 5.92 Å². The van der Waals surface area contributed by atoms with Gasteiger partial charge in [-0.3, -0.25) is 4.79 Å². The molecule has 6 heteroatoms. The van der Waals surface area contributed by atoms with Gasteiger partial charge < -0.3 is 10.2 Å². The summed E-state index contributed by atoms with van der Waals surface area (Å²) in [5.74, 6) is 0.656. The fourth-order valence-corrected chi connectivity index (χ4v) is 3.12. The molecule has 0 aromatic carbocycles. The van der Waals surface area contributed by atoms with Crippen LogP contribution < -0.4 is 15.8 Å². The van der Waals surface area contributed by atoms with E-state index < -0.39 is 0 Å². The van der Waals surface area contributed by atoms with Gasteiger partial charge in [0.25, 0.3) is 5.56 Å². The maximum absolute atomic E-state index is 12.3. The molecular weight excluding hydrogens is 308 g/mol. The first-order valence-electron chi connectivity index (χ1n) is 6.87. The molecule has 0 spiro atoms. The van der Waals surface area contributed by atoms with Gasteiger partial charge in [-0.1, -0.05) is 0 Å². The van der Waals surface area contributed by atoms with E-state index in [0.717, 1.165) is 31.7 Å². The molecule has 2 heterocycles. The van der Waals surface area contributed by atoms with E-state index >= 15 is 0 Å². The number of aromatic nitrogens is 2. The van der Waals surface area contributed by atoms with Crippen LogP contribution >= 0.6 is 15.9 Å². The summed E-state index contributed by atoms with van der Waals surface area (Å²) in [5.41, 5.74) is 0.923. The van der Waals surface area contributed by atoms with E-state index in [1.165, 1.54) is 12.8 Å². The van der Waals surface area contributed by atoms with Crippen LogP contribution in [0.4, 0.5) is 5.69 Å². The molecule has 1 aliphatic heterocycles. The van der Waals surface area contributed by atoms with Crippen LogP contribution in [0.25, 0.3) is 0 Å². The van der Waals surface area contributed by atoms with Gasteiger partial charge in [0.2, 0.25) is 0 Å². The molecule has 3 rings (SSSR count). The molecule has 5 nitrogen and oxygen atoms in total. The summed E-state index contributed by atoms with van der Waals surface area (Å²) in [5, 5.41) is 7.61. The van der Waals surface area contributed by atoms with Crippen LogP contribution in [-0.4, -0.2) is 36.0 Å². The Morgan fingerprint density at radius 3 is 2.89 bits per heavy atom. The Balaban J connectivity index is 1.82. The third-order valence-corrected chi connectivity index (χ3v) is 4.78. The Morgan fingerprint density at radius 2 is 2.26 bits per heavy atom. The average Bonchev–Trinajstić information content (AvgIpc) is 3.10. The second-order valence-corrected chi connectivity index (χ2v) is 6.29. The molecule has 0 bridgehead atoms. The number of nitrogens with zero attached hydrogens (tertiary/aromatic N) is 3. The first-order chi connectivity index (χ1) is 9.19. The Morgan fingerprint density at radius 1 is 1.47 bits per heavy atom. The lowest BCUT2D eigenvalue weighted by molar-refractivity contribution is 0.530. The van der Waals surface area contributed by atoms with Crippen molar-refractivity contribution >= 4 is 21.6 Å². The zero-order valence-electron chi connectivity index (χ0n) is 11.1. The molecule has 1 N–H and O–H groups in total. The Bertz CT molecular complexity index is 526. The summed E-state index contributed by atoms with van der Waals surface area (Å²) in [4.78, 5) is 14.5. The van der Waals surface area contributed by atoms with Gasteiger partial charge in [0.05, 0.1) is 11.9 Å². The second kappa shape index (κ2) is 5.25.